The van der Waals surface area contributed by atoms with Crippen LogP contribution in [0.25, 0.3) is 0 Å². The molecular weight excluding hydrogens is 355 g/mol. The van der Waals surface area contributed by atoms with Gasteiger partial charge in [0.1, 0.15) is 0 Å². The Balaban J connectivity index is 1.41. The molecule has 2 fully saturated rings. The van der Waals surface area contributed by atoms with Gasteiger partial charge in [-0.05, 0) is 56.2 Å². The van der Waals surface area contributed by atoms with E-state index >= 15 is 0 Å². The van der Waals surface area contributed by atoms with Crippen LogP contribution in [0.15, 0.2) is 23.2 Å². The molecule has 0 radical (unpaired) electrons. The minimum atomic E-state index is -0.287. The molecule has 0 amide bonds. The highest BCUT2D eigenvalue weighted by Gasteiger charge is 2.21. The predicted octanol–water partition coefficient (Wildman–Crippen LogP) is 3.54. The van der Waals surface area contributed by atoms with Crippen LogP contribution in [0.4, 0.5) is 4.39 Å². The van der Waals surface area contributed by atoms with Gasteiger partial charge in [0.05, 0.1) is 7.11 Å². The molecule has 0 bridgehead atoms. The first kappa shape index (κ1) is 20.9. The van der Waals surface area contributed by atoms with E-state index in [1.807, 2.05) is 6.07 Å². The number of aliphatic imine (C=N–C) groups is 1. The average Bonchev–Trinajstić information content (AvgIpc) is 3.51. The molecule has 1 aliphatic carbocycles. The standard InChI is InChI=1S/C22H35FN4O/c1-3-24-22(25-12-4-5-17-6-7-17)26-19-10-13-27(14-11-19)16-18-8-9-21(28-2)20(23)15-18/h8-9,15,17,19H,3-7,10-14,16H2,1-2H3,(H2,24,25,26). The summed E-state index contributed by atoms with van der Waals surface area (Å²) in [5.74, 6) is 1.95. The maximum absolute atomic E-state index is 13.9. The number of likely N-dealkylation sites (tertiary alicyclic amines) is 1. The van der Waals surface area contributed by atoms with Crippen LogP contribution in [0, 0.1) is 11.7 Å². The zero-order valence-electron chi connectivity index (χ0n) is 17.3. The maximum Gasteiger partial charge on any atom is 0.191 e. The molecule has 5 nitrogen and oxygen atoms in total. The van der Waals surface area contributed by atoms with Gasteiger partial charge in [-0.1, -0.05) is 18.9 Å². The largest absolute Gasteiger partial charge is 0.494 e. The molecule has 28 heavy (non-hydrogen) atoms. The van der Waals surface area contributed by atoms with E-state index in [0.29, 0.717) is 11.8 Å². The Hall–Kier alpha value is -1.82. The molecule has 0 aromatic heterocycles. The van der Waals surface area contributed by atoms with Gasteiger partial charge in [0, 0.05) is 38.8 Å². The molecule has 1 aliphatic heterocycles. The van der Waals surface area contributed by atoms with E-state index in [2.05, 4.69) is 22.5 Å². The van der Waals surface area contributed by atoms with E-state index in [1.54, 1.807) is 12.1 Å². The van der Waals surface area contributed by atoms with Gasteiger partial charge >= 0.3 is 0 Å². The van der Waals surface area contributed by atoms with Crippen LogP contribution in [-0.4, -0.2) is 50.2 Å². The van der Waals surface area contributed by atoms with Crippen molar-refractivity contribution in [3.8, 4) is 5.75 Å². The monoisotopic (exact) mass is 390 g/mol. The van der Waals surface area contributed by atoms with E-state index in [-0.39, 0.29) is 5.82 Å². The fourth-order valence-corrected chi connectivity index (χ4v) is 3.79. The number of benzene rings is 1. The first-order valence-corrected chi connectivity index (χ1v) is 10.8. The van der Waals surface area contributed by atoms with Gasteiger partial charge in [0.2, 0.25) is 0 Å². The van der Waals surface area contributed by atoms with Crippen molar-refractivity contribution in [1.29, 1.82) is 0 Å². The number of rotatable bonds is 9. The number of guanidine groups is 1. The van der Waals surface area contributed by atoms with Crippen molar-refractivity contribution in [2.45, 2.75) is 58.0 Å². The highest BCUT2D eigenvalue weighted by molar-refractivity contribution is 5.80. The second-order valence-electron chi connectivity index (χ2n) is 8.01. The molecule has 3 rings (SSSR count). The van der Waals surface area contributed by atoms with Crippen LogP contribution in [-0.2, 0) is 6.54 Å². The lowest BCUT2D eigenvalue weighted by molar-refractivity contribution is 0.198. The third kappa shape index (κ3) is 6.66. The SMILES string of the molecule is CCNC(=NCCCC1CC1)NC1CCN(Cc2ccc(OC)c(F)c2)CC1. The molecule has 1 saturated heterocycles. The molecule has 1 heterocycles. The summed E-state index contributed by atoms with van der Waals surface area (Å²) in [6, 6.07) is 5.69. The van der Waals surface area contributed by atoms with Crippen LogP contribution in [0.3, 0.4) is 0 Å². The Kier molecular flexibility index (Phi) is 7.95. The van der Waals surface area contributed by atoms with Gasteiger partial charge in [-0.3, -0.25) is 9.89 Å². The molecule has 1 saturated carbocycles. The Morgan fingerprint density at radius 2 is 2.04 bits per heavy atom. The zero-order valence-corrected chi connectivity index (χ0v) is 17.3. The Morgan fingerprint density at radius 3 is 2.68 bits per heavy atom. The molecule has 156 valence electrons. The van der Waals surface area contributed by atoms with Crippen molar-refractivity contribution >= 4 is 5.96 Å². The molecule has 1 aromatic carbocycles. The van der Waals surface area contributed by atoms with Crippen LogP contribution < -0.4 is 15.4 Å². The molecule has 6 heteroatoms. The number of hydrogen-bond acceptors (Lipinski definition) is 3. The van der Waals surface area contributed by atoms with E-state index < -0.39 is 0 Å². The number of nitrogens with one attached hydrogen (secondary N) is 2. The first-order chi connectivity index (χ1) is 13.7. The highest BCUT2D eigenvalue weighted by atomic mass is 19.1. The zero-order chi connectivity index (χ0) is 19.8. The van der Waals surface area contributed by atoms with Gasteiger partial charge in [0.15, 0.2) is 17.5 Å². The average molecular weight is 391 g/mol. The Bertz CT molecular complexity index is 639. The van der Waals surface area contributed by atoms with Gasteiger partial charge in [-0.25, -0.2) is 4.39 Å². The summed E-state index contributed by atoms with van der Waals surface area (Å²) in [6.07, 6.45) is 7.51. The number of nitrogens with zero attached hydrogens (tertiary/aromatic N) is 2. The molecular formula is C22H35FN4O. The third-order valence-electron chi connectivity index (χ3n) is 5.63. The summed E-state index contributed by atoms with van der Waals surface area (Å²) < 4.78 is 18.9. The summed E-state index contributed by atoms with van der Waals surface area (Å²) in [4.78, 5) is 7.14. The van der Waals surface area contributed by atoms with E-state index in [9.17, 15) is 4.39 Å². The highest BCUT2D eigenvalue weighted by Crippen LogP contribution is 2.33. The molecule has 1 aromatic rings. The van der Waals surface area contributed by atoms with Crippen LogP contribution in [0.2, 0.25) is 0 Å². The van der Waals surface area contributed by atoms with Crippen molar-refractivity contribution in [3.05, 3.63) is 29.6 Å². The fraction of sp³-hybridized carbons (Fsp3) is 0.682. The van der Waals surface area contributed by atoms with E-state index in [1.165, 1.54) is 32.8 Å². The molecule has 2 aliphatic rings. The topological polar surface area (TPSA) is 48.9 Å². The summed E-state index contributed by atoms with van der Waals surface area (Å²) in [7, 11) is 1.49. The Labute approximate surface area is 168 Å². The second-order valence-corrected chi connectivity index (χ2v) is 8.01. The van der Waals surface area contributed by atoms with Crippen LogP contribution >= 0.6 is 0 Å². The normalized spacial score (nSPS) is 18.9. The van der Waals surface area contributed by atoms with Crippen molar-refractivity contribution < 1.29 is 9.13 Å². The summed E-state index contributed by atoms with van der Waals surface area (Å²) in [6.45, 7) is 6.70. The Morgan fingerprint density at radius 1 is 1.25 bits per heavy atom. The third-order valence-corrected chi connectivity index (χ3v) is 5.63. The lowest BCUT2D eigenvalue weighted by Gasteiger charge is -2.33. The smallest absolute Gasteiger partial charge is 0.191 e. The fourth-order valence-electron chi connectivity index (χ4n) is 3.79. The number of methoxy groups -OCH3 is 1. The van der Waals surface area contributed by atoms with Crippen molar-refractivity contribution in [1.82, 2.24) is 15.5 Å². The quantitative estimate of drug-likeness (QED) is 0.385. The summed E-state index contributed by atoms with van der Waals surface area (Å²) in [5.41, 5.74) is 0.996. The second kappa shape index (κ2) is 10.6. The first-order valence-electron chi connectivity index (χ1n) is 10.8. The van der Waals surface area contributed by atoms with Crippen LogP contribution in [0.5, 0.6) is 5.75 Å². The van der Waals surface area contributed by atoms with Crippen molar-refractivity contribution in [2.75, 3.05) is 33.3 Å². The molecule has 0 unspecified atom stereocenters. The number of piperidine rings is 1. The molecule has 0 atom stereocenters. The van der Waals surface area contributed by atoms with Crippen LogP contribution in [0.1, 0.15) is 51.0 Å². The van der Waals surface area contributed by atoms with Gasteiger partial charge in [-0.2, -0.15) is 0 Å². The lowest BCUT2D eigenvalue weighted by Crippen LogP contribution is -2.48. The van der Waals surface area contributed by atoms with Crippen molar-refractivity contribution in [2.24, 2.45) is 10.9 Å². The van der Waals surface area contributed by atoms with E-state index in [4.69, 9.17) is 9.73 Å². The van der Waals surface area contributed by atoms with E-state index in [0.717, 1.165) is 63.0 Å². The molecule has 0 spiro atoms. The summed E-state index contributed by atoms with van der Waals surface area (Å²) in [5, 5.41) is 6.98. The maximum atomic E-state index is 13.9. The predicted molar refractivity (Wildman–Crippen MR) is 112 cm³/mol. The van der Waals surface area contributed by atoms with Gasteiger partial charge < -0.3 is 15.4 Å². The summed E-state index contributed by atoms with van der Waals surface area (Å²) >= 11 is 0. The minimum absolute atomic E-state index is 0.287. The number of hydrogen-bond donors (Lipinski definition) is 2. The van der Waals surface area contributed by atoms with Gasteiger partial charge in [0.25, 0.3) is 0 Å². The minimum Gasteiger partial charge on any atom is -0.494 e. The lowest BCUT2D eigenvalue weighted by atomic mass is 10.0. The number of halogens is 1. The van der Waals surface area contributed by atoms with Gasteiger partial charge in [-0.15, -0.1) is 0 Å². The number of ether oxygens (including phenoxy) is 1. The van der Waals surface area contributed by atoms with Crippen molar-refractivity contribution in [3.63, 3.8) is 0 Å². The molecule has 2 N–H and O–H groups in total.